The molecule has 2 fully saturated rings. The summed E-state index contributed by atoms with van der Waals surface area (Å²) in [5, 5.41) is 2.20. The van der Waals surface area contributed by atoms with Gasteiger partial charge in [-0.15, -0.1) is 11.3 Å². The van der Waals surface area contributed by atoms with E-state index in [1.165, 1.54) is 16.2 Å². The maximum Gasteiger partial charge on any atom is 0.391 e. The van der Waals surface area contributed by atoms with Gasteiger partial charge in [-0.1, -0.05) is 0 Å². The summed E-state index contributed by atoms with van der Waals surface area (Å²) in [5.74, 6) is -3.14. The zero-order valence-electron chi connectivity index (χ0n) is 14.4. The van der Waals surface area contributed by atoms with Crippen molar-refractivity contribution >= 4 is 17.2 Å². The van der Waals surface area contributed by atoms with Crippen LogP contribution in [0.25, 0.3) is 0 Å². The van der Waals surface area contributed by atoms with E-state index in [4.69, 9.17) is 0 Å². The predicted molar refractivity (Wildman–Crippen MR) is 87.6 cm³/mol. The van der Waals surface area contributed by atoms with Gasteiger partial charge in [-0.3, -0.25) is 4.79 Å². The van der Waals surface area contributed by atoms with Crippen LogP contribution < -0.4 is 0 Å². The Labute approximate surface area is 156 Å². The van der Waals surface area contributed by atoms with Gasteiger partial charge < -0.3 is 4.90 Å². The molecule has 0 N–H and O–H groups in total. The Morgan fingerprint density at radius 2 is 1.44 bits per heavy atom. The normalized spacial score (nSPS) is 25.6. The van der Waals surface area contributed by atoms with Crippen LogP contribution in [-0.4, -0.2) is 41.2 Å². The van der Waals surface area contributed by atoms with Gasteiger partial charge in [0.1, 0.15) is 5.69 Å². The van der Waals surface area contributed by atoms with Gasteiger partial charge in [0.15, 0.2) is 0 Å². The molecule has 1 saturated carbocycles. The molecule has 152 valence electrons. The van der Waals surface area contributed by atoms with Gasteiger partial charge in [0.2, 0.25) is 0 Å². The van der Waals surface area contributed by atoms with Crippen molar-refractivity contribution < 1.29 is 31.1 Å². The standard InChI is InChI=1S/C17H20F6N2OS/c18-16(19,20)11-3-1-10(2-4-11)14-24-13(9-27-14)15(26)25-7-5-12(6-8-25)17(21,22)23/h9-12H,1-8H2/t10-,11-. The summed E-state index contributed by atoms with van der Waals surface area (Å²) in [6.45, 7) is 0.0686. The highest BCUT2D eigenvalue weighted by molar-refractivity contribution is 7.09. The van der Waals surface area contributed by atoms with E-state index in [0.717, 1.165) is 0 Å². The van der Waals surface area contributed by atoms with Gasteiger partial charge in [-0.2, -0.15) is 26.3 Å². The maximum atomic E-state index is 12.8. The van der Waals surface area contributed by atoms with Crippen LogP contribution in [0.15, 0.2) is 5.38 Å². The van der Waals surface area contributed by atoms with Crippen molar-refractivity contribution in [2.75, 3.05) is 13.1 Å². The number of piperidine rings is 1. The molecule has 1 aromatic heterocycles. The summed E-state index contributed by atoms with van der Waals surface area (Å²) >= 11 is 1.24. The van der Waals surface area contributed by atoms with Gasteiger partial charge in [0.25, 0.3) is 5.91 Å². The maximum absolute atomic E-state index is 12.8. The van der Waals surface area contributed by atoms with E-state index in [2.05, 4.69) is 4.98 Å². The van der Waals surface area contributed by atoms with E-state index in [-0.39, 0.29) is 50.4 Å². The second-order valence-electron chi connectivity index (χ2n) is 7.27. The van der Waals surface area contributed by atoms with Crippen molar-refractivity contribution in [3.05, 3.63) is 16.1 Å². The third-order valence-electron chi connectivity index (χ3n) is 5.53. The van der Waals surface area contributed by atoms with Gasteiger partial charge >= 0.3 is 12.4 Å². The molecule has 3 rings (SSSR count). The molecule has 3 nitrogen and oxygen atoms in total. The van der Waals surface area contributed by atoms with E-state index in [0.29, 0.717) is 17.8 Å². The Morgan fingerprint density at radius 1 is 0.926 bits per heavy atom. The SMILES string of the molecule is O=C(c1csc([C@H]2CC[C@H](C(F)(F)F)CC2)n1)N1CCC(C(F)(F)F)CC1. The summed E-state index contributed by atoms with van der Waals surface area (Å²) in [6, 6.07) is 0. The Balaban J connectivity index is 1.56. The zero-order valence-corrected chi connectivity index (χ0v) is 15.3. The molecule has 2 heterocycles. The lowest BCUT2D eigenvalue weighted by Gasteiger charge is -2.32. The van der Waals surface area contributed by atoms with E-state index >= 15 is 0 Å². The molecule has 0 radical (unpaired) electrons. The minimum atomic E-state index is -4.24. The topological polar surface area (TPSA) is 33.2 Å². The number of likely N-dealkylation sites (tertiary alicyclic amines) is 1. The van der Waals surface area contributed by atoms with Crippen LogP contribution in [0.1, 0.15) is 59.9 Å². The van der Waals surface area contributed by atoms with Gasteiger partial charge in [0, 0.05) is 24.4 Å². The fourth-order valence-corrected chi connectivity index (χ4v) is 4.78. The number of thiazole rings is 1. The van der Waals surface area contributed by atoms with E-state index in [9.17, 15) is 31.1 Å². The van der Waals surface area contributed by atoms with Crippen LogP contribution in [0.5, 0.6) is 0 Å². The highest BCUT2D eigenvalue weighted by Gasteiger charge is 2.43. The predicted octanol–water partition coefficient (Wildman–Crippen LogP) is 5.39. The number of carbonyl (C=O) groups excluding carboxylic acids is 1. The first kappa shape index (κ1) is 20.4. The van der Waals surface area contributed by atoms with Crippen molar-refractivity contribution in [2.45, 2.75) is 56.8 Å². The number of rotatable bonds is 2. The molecule has 0 aromatic carbocycles. The molecule has 1 aliphatic heterocycles. The quantitative estimate of drug-likeness (QED) is 0.608. The molecular formula is C17H20F6N2OS. The highest BCUT2D eigenvalue weighted by atomic mass is 32.1. The van der Waals surface area contributed by atoms with E-state index < -0.39 is 30.1 Å². The first-order chi connectivity index (χ1) is 12.6. The van der Waals surface area contributed by atoms with Crippen LogP contribution in [0.4, 0.5) is 26.3 Å². The number of nitrogens with zero attached hydrogens (tertiary/aromatic N) is 2. The molecule has 1 aromatic rings. The number of carbonyl (C=O) groups is 1. The van der Waals surface area contributed by atoms with Gasteiger partial charge in [-0.25, -0.2) is 4.98 Å². The number of hydrogen-bond donors (Lipinski definition) is 0. The fraction of sp³-hybridized carbons (Fsp3) is 0.765. The largest absolute Gasteiger partial charge is 0.391 e. The first-order valence-corrected chi connectivity index (χ1v) is 9.81. The lowest BCUT2D eigenvalue weighted by molar-refractivity contribution is -0.184. The summed E-state index contributed by atoms with van der Waals surface area (Å²) in [5.41, 5.74) is 0.179. The third-order valence-corrected chi connectivity index (χ3v) is 6.53. The third kappa shape index (κ3) is 4.75. The van der Waals surface area contributed by atoms with Crippen LogP contribution in [0.3, 0.4) is 0 Å². The Kier molecular flexibility index (Phi) is 5.74. The molecule has 1 aliphatic carbocycles. The molecule has 2 aliphatic rings. The summed E-state index contributed by atoms with van der Waals surface area (Å²) < 4.78 is 76.4. The zero-order chi connectivity index (χ0) is 19.8. The molecule has 0 atom stereocenters. The number of halogens is 6. The molecule has 10 heteroatoms. The average Bonchev–Trinajstić information content (AvgIpc) is 3.10. The second kappa shape index (κ2) is 7.60. The molecule has 0 bridgehead atoms. The Hall–Kier alpha value is -1.32. The highest BCUT2D eigenvalue weighted by Crippen LogP contribution is 2.43. The Morgan fingerprint density at radius 3 is 1.96 bits per heavy atom. The monoisotopic (exact) mass is 414 g/mol. The molecule has 27 heavy (non-hydrogen) atoms. The van der Waals surface area contributed by atoms with E-state index in [1.807, 2.05) is 0 Å². The second-order valence-corrected chi connectivity index (χ2v) is 8.16. The van der Waals surface area contributed by atoms with Crippen LogP contribution >= 0.6 is 11.3 Å². The molecule has 0 spiro atoms. The fourth-order valence-electron chi connectivity index (χ4n) is 3.81. The summed E-state index contributed by atoms with van der Waals surface area (Å²) in [4.78, 5) is 18.1. The first-order valence-electron chi connectivity index (χ1n) is 8.94. The van der Waals surface area contributed by atoms with Crippen molar-refractivity contribution in [1.29, 1.82) is 0 Å². The lowest BCUT2D eigenvalue weighted by atomic mass is 9.82. The lowest BCUT2D eigenvalue weighted by Crippen LogP contribution is -2.42. The number of aromatic nitrogens is 1. The van der Waals surface area contributed by atoms with Gasteiger partial charge in [0.05, 0.1) is 16.8 Å². The van der Waals surface area contributed by atoms with Crippen LogP contribution in [-0.2, 0) is 0 Å². The van der Waals surface area contributed by atoms with Gasteiger partial charge in [-0.05, 0) is 38.5 Å². The number of alkyl halides is 6. The Bertz CT molecular complexity index is 655. The minimum Gasteiger partial charge on any atom is -0.337 e. The molecular weight excluding hydrogens is 394 g/mol. The average molecular weight is 414 g/mol. The van der Waals surface area contributed by atoms with Crippen LogP contribution in [0.2, 0.25) is 0 Å². The van der Waals surface area contributed by atoms with Crippen molar-refractivity contribution in [3.63, 3.8) is 0 Å². The van der Waals surface area contributed by atoms with E-state index in [1.54, 1.807) is 5.38 Å². The minimum absolute atomic E-state index is 0.0343. The summed E-state index contributed by atoms with van der Waals surface area (Å²) in [6.07, 6.45) is -7.77. The molecule has 0 unspecified atom stereocenters. The van der Waals surface area contributed by atoms with Crippen molar-refractivity contribution in [2.24, 2.45) is 11.8 Å². The smallest absolute Gasteiger partial charge is 0.337 e. The molecule has 1 amide bonds. The van der Waals surface area contributed by atoms with Crippen molar-refractivity contribution in [1.82, 2.24) is 9.88 Å². The molecule has 1 saturated heterocycles. The number of amides is 1. The van der Waals surface area contributed by atoms with Crippen molar-refractivity contribution in [3.8, 4) is 0 Å². The summed E-state index contributed by atoms with van der Waals surface area (Å²) in [7, 11) is 0. The van der Waals surface area contributed by atoms with Crippen LogP contribution in [0, 0.1) is 11.8 Å². The number of hydrogen-bond acceptors (Lipinski definition) is 3.